The molecule has 5 nitrogen and oxygen atoms in total. The molecule has 0 spiro atoms. The van der Waals surface area contributed by atoms with Gasteiger partial charge in [0.2, 0.25) is 0 Å². The molecular formula is C38H26N4O. The summed E-state index contributed by atoms with van der Waals surface area (Å²) in [4.78, 5) is 20.0. The second kappa shape index (κ2) is 9.57. The molecule has 2 unspecified atom stereocenters. The molecule has 2 atom stereocenters. The van der Waals surface area contributed by atoms with Gasteiger partial charge in [0.05, 0.1) is 5.70 Å². The lowest BCUT2D eigenvalue weighted by Crippen LogP contribution is -2.24. The lowest BCUT2D eigenvalue weighted by Gasteiger charge is -2.25. The van der Waals surface area contributed by atoms with Gasteiger partial charge < -0.3 is 4.74 Å². The average Bonchev–Trinajstić information content (AvgIpc) is 3.48. The van der Waals surface area contributed by atoms with Crippen LogP contribution >= 0.6 is 0 Å². The second-order valence-electron chi connectivity index (χ2n) is 11.3. The third-order valence-corrected chi connectivity index (χ3v) is 8.77. The summed E-state index contributed by atoms with van der Waals surface area (Å²) in [6, 6.07) is 35.6. The standard InChI is InChI=1S/C38H26N4O/c1-2-9-26(10-3-1)36-40-37(27-18-17-24-16-15-23-8-4-5-12-28(23)31(24)22-27)42-38(41-36)30-13-6-14-32-33(30)29-20-19-25-11-7-21-39-34(25)35(29)43-32/h1-6,8-10,12-22,29,35H,7,11H2. The van der Waals surface area contributed by atoms with E-state index >= 15 is 0 Å². The number of allylic oxidation sites excluding steroid dienone is 2. The summed E-state index contributed by atoms with van der Waals surface area (Å²) < 4.78 is 6.57. The van der Waals surface area contributed by atoms with Crippen molar-refractivity contribution in [2.45, 2.75) is 24.9 Å². The van der Waals surface area contributed by atoms with Crippen LogP contribution in [0.4, 0.5) is 0 Å². The fourth-order valence-corrected chi connectivity index (χ4v) is 6.69. The van der Waals surface area contributed by atoms with Gasteiger partial charge in [-0.2, -0.15) is 0 Å². The van der Waals surface area contributed by atoms with E-state index in [-0.39, 0.29) is 12.0 Å². The summed E-state index contributed by atoms with van der Waals surface area (Å²) in [5.41, 5.74) is 6.29. The van der Waals surface area contributed by atoms with Crippen molar-refractivity contribution in [2.24, 2.45) is 4.99 Å². The minimum Gasteiger partial charge on any atom is -0.483 e. The highest BCUT2D eigenvalue weighted by atomic mass is 16.5. The first-order valence-electron chi connectivity index (χ1n) is 14.8. The van der Waals surface area contributed by atoms with E-state index in [4.69, 9.17) is 24.7 Å². The zero-order valence-electron chi connectivity index (χ0n) is 23.3. The molecule has 9 rings (SSSR count). The van der Waals surface area contributed by atoms with Crippen LogP contribution in [0.15, 0.2) is 132 Å². The number of ether oxygens (including phenoxy) is 1. The Bertz CT molecular complexity index is 2180. The van der Waals surface area contributed by atoms with E-state index < -0.39 is 0 Å². The van der Waals surface area contributed by atoms with Crippen molar-refractivity contribution < 1.29 is 4.74 Å². The average molecular weight is 555 g/mol. The van der Waals surface area contributed by atoms with Gasteiger partial charge in [-0.15, -0.1) is 0 Å². The zero-order chi connectivity index (χ0) is 28.3. The first kappa shape index (κ1) is 24.2. The number of aromatic nitrogens is 3. The van der Waals surface area contributed by atoms with Crippen molar-refractivity contribution in [1.29, 1.82) is 0 Å². The van der Waals surface area contributed by atoms with Crippen LogP contribution in [0.2, 0.25) is 0 Å². The summed E-state index contributed by atoms with van der Waals surface area (Å²) in [6.45, 7) is 0. The van der Waals surface area contributed by atoms with Crippen LogP contribution in [-0.2, 0) is 0 Å². The van der Waals surface area contributed by atoms with Crippen molar-refractivity contribution >= 4 is 27.8 Å². The molecule has 0 saturated carbocycles. The van der Waals surface area contributed by atoms with Crippen molar-refractivity contribution in [2.75, 3.05) is 0 Å². The number of hydrogen-bond acceptors (Lipinski definition) is 5. The van der Waals surface area contributed by atoms with Crippen LogP contribution in [-0.4, -0.2) is 27.3 Å². The molecular weight excluding hydrogens is 528 g/mol. The molecule has 6 aromatic rings. The highest BCUT2D eigenvalue weighted by Crippen LogP contribution is 2.49. The first-order valence-corrected chi connectivity index (χ1v) is 14.8. The molecule has 0 saturated heterocycles. The maximum atomic E-state index is 6.57. The first-order chi connectivity index (χ1) is 21.3. The summed E-state index contributed by atoms with van der Waals surface area (Å²) in [5, 5.41) is 4.79. The number of rotatable bonds is 3. The van der Waals surface area contributed by atoms with Gasteiger partial charge in [-0.1, -0.05) is 103 Å². The summed E-state index contributed by atoms with van der Waals surface area (Å²) in [6.07, 6.45) is 8.36. The predicted molar refractivity (Wildman–Crippen MR) is 172 cm³/mol. The van der Waals surface area contributed by atoms with Crippen LogP contribution in [0.1, 0.15) is 24.3 Å². The lowest BCUT2D eigenvalue weighted by molar-refractivity contribution is 0.252. The minimum absolute atomic E-state index is 0.0487. The number of nitrogens with zero attached hydrogens (tertiary/aromatic N) is 4. The Kier molecular flexibility index (Phi) is 5.38. The largest absolute Gasteiger partial charge is 0.483 e. The molecule has 43 heavy (non-hydrogen) atoms. The molecule has 1 aromatic heterocycles. The second-order valence-corrected chi connectivity index (χ2v) is 11.3. The molecule has 5 aromatic carbocycles. The Hall–Kier alpha value is -5.42. The molecule has 204 valence electrons. The third-order valence-electron chi connectivity index (χ3n) is 8.77. The fraction of sp³-hybridized carbons (Fsp3) is 0.105. The van der Waals surface area contributed by atoms with E-state index in [0.717, 1.165) is 46.5 Å². The van der Waals surface area contributed by atoms with Gasteiger partial charge in [-0.25, -0.2) is 15.0 Å². The maximum Gasteiger partial charge on any atom is 0.164 e. The fourth-order valence-electron chi connectivity index (χ4n) is 6.69. The van der Waals surface area contributed by atoms with Gasteiger partial charge in [0.1, 0.15) is 5.75 Å². The maximum absolute atomic E-state index is 6.57. The van der Waals surface area contributed by atoms with E-state index in [1.165, 1.54) is 27.1 Å². The Morgan fingerprint density at radius 1 is 0.651 bits per heavy atom. The number of hydrogen-bond donors (Lipinski definition) is 0. The Morgan fingerprint density at radius 2 is 1.42 bits per heavy atom. The molecule has 5 heteroatoms. The topological polar surface area (TPSA) is 60.3 Å². The van der Waals surface area contributed by atoms with E-state index in [2.05, 4.69) is 72.8 Å². The quantitative estimate of drug-likeness (QED) is 0.205. The van der Waals surface area contributed by atoms with Crippen LogP contribution in [0.3, 0.4) is 0 Å². The van der Waals surface area contributed by atoms with E-state index in [1.807, 2.05) is 48.7 Å². The van der Waals surface area contributed by atoms with Crippen LogP contribution in [0, 0.1) is 0 Å². The highest BCUT2D eigenvalue weighted by Gasteiger charge is 2.41. The van der Waals surface area contributed by atoms with Crippen molar-refractivity contribution in [3.8, 4) is 39.9 Å². The van der Waals surface area contributed by atoms with Gasteiger partial charge in [-0.05, 0) is 52.1 Å². The van der Waals surface area contributed by atoms with E-state index in [0.29, 0.717) is 17.5 Å². The monoisotopic (exact) mass is 554 g/mol. The number of benzene rings is 5. The normalized spacial score (nSPS) is 18.4. The van der Waals surface area contributed by atoms with Crippen molar-refractivity contribution in [3.05, 3.63) is 132 Å². The molecule has 0 amide bonds. The van der Waals surface area contributed by atoms with E-state index in [9.17, 15) is 0 Å². The van der Waals surface area contributed by atoms with Gasteiger partial charge in [0.15, 0.2) is 23.6 Å². The molecule has 0 fully saturated rings. The molecule has 0 N–H and O–H groups in total. The molecule has 0 radical (unpaired) electrons. The Labute approximate surface area is 249 Å². The summed E-state index contributed by atoms with van der Waals surface area (Å²) in [7, 11) is 0. The molecule has 1 aliphatic carbocycles. The van der Waals surface area contributed by atoms with Crippen LogP contribution in [0.5, 0.6) is 5.75 Å². The van der Waals surface area contributed by atoms with Crippen LogP contribution < -0.4 is 4.74 Å². The highest BCUT2D eigenvalue weighted by molar-refractivity contribution is 6.08. The zero-order valence-corrected chi connectivity index (χ0v) is 23.3. The van der Waals surface area contributed by atoms with E-state index in [1.54, 1.807) is 0 Å². The smallest absolute Gasteiger partial charge is 0.164 e. The Morgan fingerprint density at radius 3 is 2.33 bits per heavy atom. The van der Waals surface area contributed by atoms with Gasteiger partial charge in [-0.3, -0.25) is 4.99 Å². The summed E-state index contributed by atoms with van der Waals surface area (Å²) in [5.74, 6) is 2.85. The number of fused-ring (bicyclic) bond motifs is 7. The summed E-state index contributed by atoms with van der Waals surface area (Å²) >= 11 is 0. The van der Waals surface area contributed by atoms with Gasteiger partial charge >= 0.3 is 0 Å². The van der Waals surface area contributed by atoms with Gasteiger partial charge in [0.25, 0.3) is 0 Å². The van der Waals surface area contributed by atoms with Gasteiger partial charge in [0, 0.05) is 34.4 Å². The minimum atomic E-state index is -0.128. The SMILES string of the molecule is C1=CC2c3c(cccc3-c3nc(-c4ccccc4)nc(-c4ccc5ccc6ccccc6c5c4)n3)OC2C2=C1CCC=N2. The Balaban J connectivity index is 1.23. The van der Waals surface area contributed by atoms with Crippen LogP contribution in [0.25, 0.3) is 55.7 Å². The lowest BCUT2D eigenvalue weighted by atomic mass is 9.83. The molecule has 2 aliphatic heterocycles. The molecule has 3 aliphatic rings. The molecule has 0 bridgehead atoms. The van der Waals surface area contributed by atoms with Crippen molar-refractivity contribution in [1.82, 2.24) is 15.0 Å². The predicted octanol–water partition coefficient (Wildman–Crippen LogP) is 8.71. The molecule has 3 heterocycles. The third kappa shape index (κ3) is 3.92. The van der Waals surface area contributed by atoms with Crippen molar-refractivity contribution in [3.63, 3.8) is 0 Å². The number of aliphatic imine (C=N–C) groups is 1.